The molecule has 1 N–H and O–H groups in total. The van der Waals surface area contributed by atoms with Gasteiger partial charge in [-0.05, 0) is 55.0 Å². The van der Waals surface area contributed by atoms with E-state index in [1.54, 1.807) is 19.1 Å². The number of aryl methyl sites for hydroxylation is 1. The van der Waals surface area contributed by atoms with Crippen LogP contribution in [0.5, 0.6) is 0 Å². The molecule has 3 amide bonds. The summed E-state index contributed by atoms with van der Waals surface area (Å²) in [6, 6.07) is 10.2. The number of hydrogen-bond donors (Lipinski definition) is 1. The highest BCUT2D eigenvalue weighted by molar-refractivity contribution is 7.09. The van der Waals surface area contributed by atoms with Crippen molar-refractivity contribution >= 4 is 34.7 Å². The zero-order chi connectivity index (χ0) is 21.6. The van der Waals surface area contributed by atoms with E-state index in [0.29, 0.717) is 21.8 Å². The first-order valence-corrected chi connectivity index (χ1v) is 9.80. The molecule has 4 rings (SSSR count). The SMILES string of the molecule is Cc1sc(=O)n(CC(=O)Nc2ccc3c(c2)C(=O)N(C)C3=O)c1-c1ccc(F)cc1. The Hall–Kier alpha value is -3.59. The zero-order valence-electron chi connectivity index (χ0n) is 16.1. The van der Waals surface area contributed by atoms with E-state index in [0.717, 1.165) is 16.2 Å². The number of fused-ring (bicyclic) bond motifs is 1. The zero-order valence-corrected chi connectivity index (χ0v) is 16.9. The number of carbonyl (C=O) groups excluding carboxylic acids is 3. The molecule has 1 aliphatic heterocycles. The third-order valence-electron chi connectivity index (χ3n) is 4.86. The molecule has 0 bridgehead atoms. The molecule has 0 spiro atoms. The first kappa shape index (κ1) is 19.7. The number of aromatic nitrogens is 1. The minimum absolute atomic E-state index is 0.218. The minimum Gasteiger partial charge on any atom is -0.325 e. The quantitative estimate of drug-likeness (QED) is 0.651. The molecule has 0 atom stereocenters. The summed E-state index contributed by atoms with van der Waals surface area (Å²) in [5.74, 6) is -1.69. The van der Waals surface area contributed by atoms with Crippen LogP contribution < -0.4 is 10.2 Å². The van der Waals surface area contributed by atoms with Crippen molar-refractivity contribution in [3.05, 3.63) is 74.0 Å². The fourth-order valence-corrected chi connectivity index (χ4v) is 4.26. The Labute approximate surface area is 174 Å². The van der Waals surface area contributed by atoms with Crippen molar-refractivity contribution in [1.29, 1.82) is 0 Å². The van der Waals surface area contributed by atoms with Gasteiger partial charge < -0.3 is 5.32 Å². The summed E-state index contributed by atoms with van der Waals surface area (Å²) in [7, 11) is 1.39. The molecule has 0 unspecified atom stereocenters. The Bertz CT molecular complexity index is 1260. The van der Waals surface area contributed by atoms with Crippen LogP contribution in [0.1, 0.15) is 25.6 Å². The second kappa shape index (κ2) is 7.34. The Morgan fingerprint density at radius 3 is 2.40 bits per heavy atom. The van der Waals surface area contributed by atoms with E-state index < -0.39 is 23.5 Å². The van der Waals surface area contributed by atoms with Gasteiger partial charge in [-0.3, -0.25) is 28.6 Å². The Balaban J connectivity index is 1.59. The third kappa shape index (κ3) is 3.33. The second-order valence-corrected chi connectivity index (χ2v) is 8.01. The van der Waals surface area contributed by atoms with Crippen LogP contribution in [0.4, 0.5) is 10.1 Å². The van der Waals surface area contributed by atoms with Crippen LogP contribution in [0.3, 0.4) is 0 Å². The summed E-state index contributed by atoms with van der Waals surface area (Å²) in [4.78, 5) is 50.5. The standard InChI is InChI=1S/C21H16FN3O4S/c1-11-18(12-3-5-13(22)6-4-12)25(21(29)30-11)10-17(26)23-14-7-8-15-16(9-14)20(28)24(2)19(15)27/h3-9H,10H2,1-2H3,(H,23,26). The molecule has 0 radical (unpaired) electrons. The van der Waals surface area contributed by atoms with Gasteiger partial charge in [0.1, 0.15) is 12.4 Å². The summed E-state index contributed by atoms with van der Waals surface area (Å²) in [5, 5.41) is 2.66. The van der Waals surface area contributed by atoms with Gasteiger partial charge in [-0.1, -0.05) is 11.3 Å². The molecular weight excluding hydrogens is 409 g/mol. The van der Waals surface area contributed by atoms with Crippen LogP contribution in [0.2, 0.25) is 0 Å². The topological polar surface area (TPSA) is 88.5 Å². The van der Waals surface area contributed by atoms with E-state index in [9.17, 15) is 23.6 Å². The lowest BCUT2D eigenvalue weighted by atomic mass is 10.1. The normalized spacial score (nSPS) is 13.0. The summed E-state index contributed by atoms with van der Waals surface area (Å²) >= 11 is 1.01. The first-order chi connectivity index (χ1) is 14.3. The maximum Gasteiger partial charge on any atom is 0.308 e. The van der Waals surface area contributed by atoms with Gasteiger partial charge >= 0.3 is 4.87 Å². The molecule has 9 heteroatoms. The smallest absolute Gasteiger partial charge is 0.308 e. The highest BCUT2D eigenvalue weighted by atomic mass is 32.1. The molecule has 0 saturated carbocycles. The Morgan fingerprint density at radius 1 is 1.03 bits per heavy atom. The van der Waals surface area contributed by atoms with Gasteiger partial charge in [-0.2, -0.15) is 0 Å². The first-order valence-electron chi connectivity index (χ1n) is 8.98. The molecule has 2 aromatic carbocycles. The van der Waals surface area contributed by atoms with E-state index in [1.165, 1.54) is 41.9 Å². The largest absolute Gasteiger partial charge is 0.325 e. The molecular formula is C21H16FN3O4S. The molecule has 1 aromatic heterocycles. The van der Waals surface area contributed by atoms with E-state index in [2.05, 4.69) is 5.32 Å². The van der Waals surface area contributed by atoms with Gasteiger partial charge in [0.25, 0.3) is 11.8 Å². The van der Waals surface area contributed by atoms with Crippen LogP contribution in [-0.4, -0.2) is 34.2 Å². The number of halogens is 1. The number of anilines is 1. The molecule has 1 aliphatic rings. The molecule has 30 heavy (non-hydrogen) atoms. The number of thiazole rings is 1. The van der Waals surface area contributed by atoms with Gasteiger partial charge in [0.15, 0.2) is 0 Å². The molecule has 2 heterocycles. The van der Waals surface area contributed by atoms with Crippen molar-refractivity contribution in [3.63, 3.8) is 0 Å². The number of benzene rings is 2. The molecule has 0 aliphatic carbocycles. The number of hydrogen-bond acceptors (Lipinski definition) is 5. The van der Waals surface area contributed by atoms with Gasteiger partial charge in [0, 0.05) is 17.6 Å². The van der Waals surface area contributed by atoms with Gasteiger partial charge in [-0.15, -0.1) is 0 Å². The number of amides is 3. The highest BCUT2D eigenvalue weighted by Crippen LogP contribution is 2.27. The van der Waals surface area contributed by atoms with Crippen molar-refractivity contribution in [1.82, 2.24) is 9.47 Å². The van der Waals surface area contributed by atoms with E-state index >= 15 is 0 Å². The maximum absolute atomic E-state index is 13.3. The van der Waals surface area contributed by atoms with Gasteiger partial charge in [-0.25, -0.2) is 4.39 Å². The number of rotatable bonds is 4. The predicted octanol–water partition coefficient (Wildman–Crippen LogP) is 2.89. The maximum atomic E-state index is 13.3. The van der Waals surface area contributed by atoms with E-state index in [4.69, 9.17) is 0 Å². The van der Waals surface area contributed by atoms with Crippen molar-refractivity contribution in [2.45, 2.75) is 13.5 Å². The lowest BCUT2D eigenvalue weighted by Crippen LogP contribution is -2.25. The molecule has 0 fully saturated rings. The molecule has 0 saturated heterocycles. The van der Waals surface area contributed by atoms with Crippen LogP contribution in [0.15, 0.2) is 47.3 Å². The number of nitrogens with zero attached hydrogens (tertiary/aromatic N) is 2. The minimum atomic E-state index is -0.469. The number of carbonyl (C=O) groups is 3. The lowest BCUT2D eigenvalue weighted by Gasteiger charge is -2.10. The summed E-state index contributed by atoms with van der Waals surface area (Å²) in [5.41, 5.74) is 2.03. The van der Waals surface area contributed by atoms with Crippen molar-refractivity contribution in [2.24, 2.45) is 0 Å². The average molecular weight is 425 g/mol. The lowest BCUT2D eigenvalue weighted by molar-refractivity contribution is -0.116. The number of imide groups is 1. The summed E-state index contributed by atoms with van der Waals surface area (Å²) < 4.78 is 14.6. The fourth-order valence-electron chi connectivity index (χ4n) is 3.41. The monoisotopic (exact) mass is 425 g/mol. The highest BCUT2D eigenvalue weighted by Gasteiger charge is 2.32. The Kier molecular flexibility index (Phi) is 4.83. The van der Waals surface area contributed by atoms with Crippen molar-refractivity contribution in [2.75, 3.05) is 12.4 Å². The van der Waals surface area contributed by atoms with Gasteiger partial charge in [0.2, 0.25) is 5.91 Å². The molecule has 152 valence electrons. The summed E-state index contributed by atoms with van der Waals surface area (Å²) in [6.45, 7) is 1.51. The van der Waals surface area contributed by atoms with E-state index in [1.807, 2.05) is 0 Å². The summed E-state index contributed by atoms with van der Waals surface area (Å²) in [6.07, 6.45) is 0. The average Bonchev–Trinajstić information content (AvgIpc) is 3.10. The molecule has 3 aromatic rings. The van der Waals surface area contributed by atoms with Crippen LogP contribution in [-0.2, 0) is 11.3 Å². The van der Waals surface area contributed by atoms with Crippen LogP contribution in [0.25, 0.3) is 11.3 Å². The molecule has 7 nitrogen and oxygen atoms in total. The van der Waals surface area contributed by atoms with E-state index in [-0.39, 0.29) is 22.5 Å². The fraction of sp³-hybridized carbons (Fsp3) is 0.143. The predicted molar refractivity (Wildman–Crippen MR) is 110 cm³/mol. The van der Waals surface area contributed by atoms with Crippen molar-refractivity contribution < 1.29 is 18.8 Å². The third-order valence-corrected chi connectivity index (χ3v) is 5.75. The Morgan fingerprint density at radius 2 is 1.70 bits per heavy atom. The van der Waals surface area contributed by atoms with Crippen LogP contribution >= 0.6 is 11.3 Å². The second-order valence-electron chi connectivity index (χ2n) is 6.84. The van der Waals surface area contributed by atoms with Crippen LogP contribution in [0, 0.1) is 12.7 Å². The van der Waals surface area contributed by atoms with Crippen molar-refractivity contribution in [3.8, 4) is 11.3 Å². The number of nitrogens with one attached hydrogen (secondary N) is 1. The van der Waals surface area contributed by atoms with Gasteiger partial charge in [0.05, 0.1) is 16.8 Å².